The van der Waals surface area contributed by atoms with Crippen LogP contribution in [0.25, 0.3) is 0 Å². The molecule has 0 bridgehead atoms. The van der Waals surface area contributed by atoms with Gasteiger partial charge in [0.05, 0.1) is 0 Å². The average molecular weight is 413 g/mol. The van der Waals surface area contributed by atoms with Crippen molar-refractivity contribution in [2.24, 2.45) is 0 Å². The molecule has 5 heavy (non-hydrogen) atoms. The fourth-order valence-electron chi connectivity index (χ4n) is 0. The SMILES string of the molecule is O=[Si].[Ba].[Ti].[W]. The third-order valence-electron chi connectivity index (χ3n) is 0. The average Bonchev–Trinajstić information content (AvgIpc) is 1.00. The fourth-order valence-corrected chi connectivity index (χ4v) is 0. The maximum absolute atomic E-state index is 8.06. The first kappa shape index (κ1) is 24.5. The monoisotopic (exact) mass is 414 g/mol. The van der Waals surface area contributed by atoms with Crippen molar-refractivity contribution in [1.29, 1.82) is 0 Å². The molecule has 22 valence electrons. The summed E-state index contributed by atoms with van der Waals surface area (Å²) in [4.78, 5) is 0. The second-order valence-corrected chi connectivity index (χ2v) is 0. The Morgan fingerprint density at radius 3 is 1.20 bits per heavy atom. The molecule has 4 radical (unpaired) electrons. The summed E-state index contributed by atoms with van der Waals surface area (Å²) < 4.78 is 8.06. The van der Waals surface area contributed by atoms with Crippen LogP contribution in [0.2, 0.25) is 0 Å². The van der Waals surface area contributed by atoms with E-state index in [-0.39, 0.29) is 91.7 Å². The summed E-state index contributed by atoms with van der Waals surface area (Å²) in [6.45, 7) is 0. The molecular formula is BaOSiTiW. The Balaban J connectivity index is -0.00000000167. The van der Waals surface area contributed by atoms with Gasteiger partial charge in [-0.2, -0.15) is 0 Å². The molecule has 5 heteroatoms. The van der Waals surface area contributed by atoms with E-state index in [9.17, 15) is 0 Å². The Morgan fingerprint density at radius 1 is 1.20 bits per heavy atom. The van der Waals surface area contributed by atoms with Crippen LogP contribution in [0.5, 0.6) is 0 Å². The molecule has 0 aliphatic rings. The van der Waals surface area contributed by atoms with Crippen LogP contribution in [0.3, 0.4) is 0 Å². The van der Waals surface area contributed by atoms with Gasteiger partial charge >= 0.3 is 10.1 Å². The summed E-state index contributed by atoms with van der Waals surface area (Å²) >= 11 is 0. The van der Waals surface area contributed by atoms with E-state index in [0.717, 1.165) is 0 Å². The third-order valence-corrected chi connectivity index (χ3v) is 0. The van der Waals surface area contributed by atoms with E-state index in [1.807, 2.05) is 0 Å². The normalized spacial score (nSPS) is 0.800. The van der Waals surface area contributed by atoms with Gasteiger partial charge in [-0.25, -0.2) is 0 Å². The number of rotatable bonds is 0. The van der Waals surface area contributed by atoms with Crippen molar-refractivity contribution >= 4 is 59.0 Å². The molecule has 0 aromatic rings. The van der Waals surface area contributed by atoms with Crippen molar-refractivity contribution < 1.29 is 47.2 Å². The molecule has 0 aliphatic carbocycles. The van der Waals surface area contributed by atoms with Crippen molar-refractivity contribution in [3.05, 3.63) is 0 Å². The van der Waals surface area contributed by atoms with Gasteiger partial charge in [-0.05, 0) is 0 Å². The molecule has 0 rings (SSSR count). The Morgan fingerprint density at radius 2 is 1.20 bits per heavy atom. The second kappa shape index (κ2) is 28.0. The molecule has 0 N–H and O–H groups in total. The Labute approximate surface area is 104 Å². The molecular weight excluding hydrogens is 413 g/mol. The van der Waals surface area contributed by atoms with Gasteiger partial charge in [0.1, 0.15) is 0 Å². The van der Waals surface area contributed by atoms with Crippen LogP contribution >= 0.6 is 0 Å². The first-order valence-corrected chi connectivity index (χ1v) is 0.612. The van der Waals surface area contributed by atoms with Crippen molar-refractivity contribution in [1.82, 2.24) is 0 Å². The fraction of sp³-hybridized carbons (Fsp3) is 0. The van der Waals surface area contributed by atoms with Gasteiger partial charge in [0, 0.05) is 91.7 Å². The Bertz CT molecular complexity index is 11.6. The van der Waals surface area contributed by atoms with Gasteiger partial charge in [0.25, 0.3) is 0 Å². The van der Waals surface area contributed by atoms with Crippen LogP contribution in [0.4, 0.5) is 0 Å². The van der Waals surface area contributed by atoms with Crippen LogP contribution in [0, 0.1) is 0 Å². The third kappa shape index (κ3) is 19.5. The van der Waals surface area contributed by atoms with E-state index in [2.05, 4.69) is 0 Å². The molecule has 0 amide bonds. The largest absolute Gasteiger partial charge is 0.381 e. The van der Waals surface area contributed by atoms with Crippen molar-refractivity contribution in [2.75, 3.05) is 0 Å². The zero-order valence-corrected chi connectivity index (χ0v) is 12.5. The maximum Gasteiger partial charge on any atom is 0.381 e. The van der Waals surface area contributed by atoms with Gasteiger partial charge in [-0.3, -0.25) is 0 Å². The molecule has 0 aromatic carbocycles. The summed E-state index contributed by atoms with van der Waals surface area (Å²) in [5.41, 5.74) is 0. The predicted molar refractivity (Wildman–Crippen MR) is 12.2 cm³/mol. The van der Waals surface area contributed by atoms with Gasteiger partial charge in [-0.15, -0.1) is 0 Å². The topological polar surface area (TPSA) is 17.1 Å². The van der Waals surface area contributed by atoms with Crippen LogP contribution < -0.4 is 0 Å². The standard InChI is InChI=1S/Ba.OSi.Ti.W/c;1-2;;. The summed E-state index contributed by atoms with van der Waals surface area (Å²) in [6.07, 6.45) is 0. The Hall–Kier alpha value is 2.99. The minimum Gasteiger partial charge on any atom is -0.381 e. The van der Waals surface area contributed by atoms with Crippen molar-refractivity contribution in [3.8, 4) is 0 Å². The maximum atomic E-state index is 8.06. The van der Waals surface area contributed by atoms with E-state index in [1.165, 1.54) is 0 Å². The molecule has 0 unspecified atom stereocenters. The van der Waals surface area contributed by atoms with E-state index in [0.29, 0.717) is 0 Å². The molecule has 0 fully saturated rings. The van der Waals surface area contributed by atoms with Crippen molar-refractivity contribution in [2.45, 2.75) is 0 Å². The van der Waals surface area contributed by atoms with E-state index in [1.54, 1.807) is 10.1 Å². The Kier molecular flexibility index (Phi) is 138. The molecule has 0 atom stereocenters. The quantitative estimate of drug-likeness (QED) is 0.472. The zero-order valence-electron chi connectivity index (χ0n) is 2.52. The van der Waals surface area contributed by atoms with Gasteiger partial charge in [0.15, 0.2) is 0 Å². The number of hydrogen-bond donors (Lipinski definition) is 0. The first-order chi connectivity index (χ1) is 1.00. The van der Waals surface area contributed by atoms with E-state index < -0.39 is 0 Å². The van der Waals surface area contributed by atoms with Crippen LogP contribution in [-0.2, 0) is 47.2 Å². The summed E-state index contributed by atoms with van der Waals surface area (Å²) in [6, 6.07) is 0. The van der Waals surface area contributed by atoms with Gasteiger partial charge < -0.3 is 4.46 Å². The first-order valence-electron chi connectivity index (χ1n) is 0.204. The van der Waals surface area contributed by atoms with E-state index >= 15 is 0 Å². The summed E-state index contributed by atoms with van der Waals surface area (Å²) in [5.74, 6) is 0. The zero-order chi connectivity index (χ0) is 2.00. The molecule has 0 aromatic heterocycles. The van der Waals surface area contributed by atoms with Gasteiger partial charge in [0.2, 0.25) is 0 Å². The minimum absolute atomic E-state index is 0. The van der Waals surface area contributed by atoms with Crippen LogP contribution in [0.15, 0.2) is 0 Å². The smallest absolute Gasteiger partial charge is 0.381 e. The summed E-state index contributed by atoms with van der Waals surface area (Å²) in [5, 5.41) is 0. The minimum atomic E-state index is 0. The predicted octanol–water partition coefficient (Wildman–Crippen LogP) is -0.885. The van der Waals surface area contributed by atoms with E-state index in [4.69, 9.17) is 4.46 Å². The molecule has 0 saturated heterocycles. The van der Waals surface area contributed by atoms with Gasteiger partial charge in [-0.1, -0.05) is 0 Å². The summed E-state index contributed by atoms with van der Waals surface area (Å²) in [7, 11) is 1.72. The molecule has 0 saturated carbocycles. The van der Waals surface area contributed by atoms with Crippen molar-refractivity contribution in [3.63, 3.8) is 0 Å². The molecule has 1 nitrogen and oxygen atoms in total. The molecule has 0 aliphatic heterocycles. The molecule has 0 heterocycles. The van der Waals surface area contributed by atoms with Crippen LogP contribution in [-0.4, -0.2) is 59.0 Å². The van der Waals surface area contributed by atoms with Crippen LogP contribution in [0.1, 0.15) is 0 Å². The second-order valence-electron chi connectivity index (χ2n) is 0. The molecule has 0 spiro atoms. The number of hydrogen-bond acceptors (Lipinski definition) is 1.